The molecule has 0 aliphatic carbocycles. The monoisotopic (exact) mass is 300 g/mol. The van der Waals surface area contributed by atoms with Crippen LogP contribution in [0.5, 0.6) is 0 Å². The molecule has 1 aliphatic heterocycles. The second-order valence-electron chi connectivity index (χ2n) is 4.99. The van der Waals surface area contributed by atoms with Crippen molar-refractivity contribution in [3.63, 3.8) is 0 Å². The molecule has 6 heteroatoms. The number of nitrogen functional groups attached to an aromatic ring is 1. The van der Waals surface area contributed by atoms with Crippen molar-refractivity contribution in [1.29, 1.82) is 0 Å². The summed E-state index contributed by atoms with van der Waals surface area (Å²) in [6, 6.07) is 8.28. The van der Waals surface area contributed by atoms with Gasteiger partial charge in [-0.2, -0.15) is 0 Å². The molecular formula is C15H16N4OS. The van der Waals surface area contributed by atoms with Crippen LogP contribution in [0.4, 0.5) is 5.82 Å². The van der Waals surface area contributed by atoms with Gasteiger partial charge in [0.2, 0.25) is 0 Å². The van der Waals surface area contributed by atoms with E-state index in [1.807, 2.05) is 24.0 Å². The van der Waals surface area contributed by atoms with Crippen molar-refractivity contribution < 1.29 is 4.79 Å². The van der Waals surface area contributed by atoms with E-state index in [9.17, 15) is 4.79 Å². The van der Waals surface area contributed by atoms with Gasteiger partial charge in [0.05, 0.1) is 0 Å². The van der Waals surface area contributed by atoms with Crippen LogP contribution >= 0.6 is 11.8 Å². The third-order valence-corrected chi connectivity index (χ3v) is 4.87. The number of benzene rings is 1. The molecule has 0 radical (unpaired) electrons. The summed E-state index contributed by atoms with van der Waals surface area (Å²) >= 11 is 1.78. The van der Waals surface area contributed by atoms with Gasteiger partial charge in [-0.15, -0.1) is 11.8 Å². The minimum atomic E-state index is -0.162. The van der Waals surface area contributed by atoms with Crippen LogP contribution in [0.1, 0.15) is 23.0 Å². The first-order valence-corrected chi connectivity index (χ1v) is 7.73. The van der Waals surface area contributed by atoms with E-state index in [2.05, 4.69) is 22.1 Å². The number of rotatable bonds is 1. The molecule has 1 atom stereocenters. The van der Waals surface area contributed by atoms with Gasteiger partial charge in [0.15, 0.2) is 11.5 Å². The van der Waals surface area contributed by atoms with Crippen molar-refractivity contribution in [2.75, 3.05) is 11.5 Å². The fraction of sp³-hybridized carbons (Fsp3) is 0.267. The van der Waals surface area contributed by atoms with E-state index in [4.69, 9.17) is 5.73 Å². The largest absolute Gasteiger partial charge is 0.382 e. The Hall–Kier alpha value is -2.08. The van der Waals surface area contributed by atoms with Crippen LogP contribution in [-0.2, 0) is 6.54 Å². The summed E-state index contributed by atoms with van der Waals surface area (Å²) in [6.07, 6.45) is 2.98. The van der Waals surface area contributed by atoms with E-state index >= 15 is 0 Å². The molecule has 0 bridgehead atoms. The fourth-order valence-corrected chi connectivity index (χ4v) is 3.43. The lowest BCUT2D eigenvalue weighted by Gasteiger charge is -2.26. The standard InChI is InChI=1S/C15H16N4OS/c1-10-9-21-12-5-3-2-4-11(12)8-19(10)15(20)13-14(16)18-7-6-17-13/h2-7,10H,8-9H2,1H3,(H2,16,18). The Labute approximate surface area is 127 Å². The summed E-state index contributed by atoms with van der Waals surface area (Å²) in [6.45, 7) is 2.61. The van der Waals surface area contributed by atoms with E-state index in [-0.39, 0.29) is 23.5 Å². The second-order valence-corrected chi connectivity index (χ2v) is 6.05. The van der Waals surface area contributed by atoms with E-state index < -0.39 is 0 Å². The minimum absolute atomic E-state index is 0.108. The second kappa shape index (κ2) is 5.73. The van der Waals surface area contributed by atoms with Crippen molar-refractivity contribution in [3.05, 3.63) is 47.9 Å². The van der Waals surface area contributed by atoms with Crippen LogP contribution in [0.3, 0.4) is 0 Å². The van der Waals surface area contributed by atoms with Crippen molar-refractivity contribution in [2.24, 2.45) is 0 Å². The SMILES string of the molecule is CC1CSc2ccccc2CN1C(=O)c1nccnc1N. The average Bonchev–Trinajstić information content (AvgIpc) is 2.67. The lowest BCUT2D eigenvalue weighted by Crippen LogP contribution is -2.39. The molecule has 3 rings (SSSR count). The van der Waals surface area contributed by atoms with Gasteiger partial charge in [0.25, 0.3) is 5.91 Å². The number of hydrogen-bond donors (Lipinski definition) is 1. The Morgan fingerprint density at radius 3 is 2.90 bits per heavy atom. The van der Waals surface area contributed by atoms with Gasteiger partial charge in [0, 0.05) is 35.6 Å². The molecule has 0 spiro atoms. The highest BCUT2D eigenvalue weighted by Gasteiger charge is 2.27. The topological polar surface area (TPSA) is 72.1 Å². The summed E-state index contributed by atoms with van der Waals surface area (Å²) in [5.74, 6) is 0.869. The van der Waals surface area contributed by atoms with Crippen LogP contribution in [0, 0.1) is 0 Å². The number of fused-ring (bicyclic) bond motifs is 1. The van der Waals surface area contributed by atoms with E-state index in [1.54, 1.807) is 11.8 Å². The number of hydrogen-bond acceptors (Lipinski definition) is 5. The Balaban J connectivity index is 1.94. The minimum Gasteiger partial charge on any atom is -0.382 e. The van der Waals surface area contributed by atoms with Gasteiger partial charge in [0.1, 0.15) is 0 Å². The summed E-state index contributed by atoms with van der Waals surface area (Å²) in [5, 5.41) is 0. The molecule has 1 amide bonds. The first-order chi connectivity index (χ1) is 10.2. The maximum Gasteiger partial charge on any atom is 0.276 e. The van der Waals surface area contributed by atoms with Crippen molar-refractivity contribution in [3.8, 4) is 0 Å². The number of thioether (sulfide) groups is 1. The summed E-state index contributed by atoms with van der Waals surface area (Å²) < 4.78 is 0. The lowest BCUT2D eigenvalue weighted by molar-refractivity contribution is 0.0689. The van der Waals surface area contributed by atoms with Crippen molar-refractivity contribution >= 4 is 23.5 Å². The summed E-state index contributed by atoms with van der Waals surface area (Å²) in [5.41, 5.74) is 7.17. The molecule has 21 heavy (non-hydrogen) atoms. The van der Waals surface area contributed by atoms with Crippen LogP contribution < -0.4 is 5.73 Å². The Morgan fingerprint density at radius 1 is 1.33 bits per heavy atom. The molecular weight excluding hydrogens is 284 g/mol. The van der Waals surface area contributed by atoms with E-state index in [0.717, 1.165) is 11.3 Å². The van der Waals surface area contributed by atoms with Crippen LogP contribution in [-0.4, -0.2) is 32.6 Å². The highest BCUT2D eigenvalue weighted by molar-refractivity contribution is 7.99. The van der Waals surface area contributed by atoms with Crippen LogP contribution in [0.25, 0.3) is 0 Å². The van der Waals surface area contributed by atoms with Crippen LogP contribution in [0.15, 0.2) is 41.6 Å². The third kappa shape index (κ3) is 2.71. The zero-order valence-corrected chi connectivity index (χ0v) is 12.5. The van der Waals surface area contributed by atoms with Gasteiger partial charge in [-0.1, -0.05) is 18.2 Å². The van der Waals surface area contributed by atoms with E-state index in [1.165, 1.54) is 17.3 Å². The van der Waals surface area contributed by atoms with Gasteiger partial charge in [-0.25, -0.2) is 9.97 Å². The molecule has 1 aromatic heterocycles. The third-order valence-electron chi connectivity index (χ3n) is 3.52. The first kappa shape index (κ1) is 13.9. The molecule has 108 valence electrons. The van der Waals surface area contributed by atoms with Gasteiger partial charge < -0.3 is 10.6 Å². The maximum absolute atomic E-state index is 12.7. The molecule has 5 nitrogen and oxygen atoms in total. The van der Waals surface area contributed by atoms with Crippen LogP contribution in [0.2, 0.25) is 0 Å². The molecule has 0 saturated heterocycles. The number of carbonyl (C=O) groups is 1. The predicted molar refractivity (Wildman–Crippen MR) is 82.9 cm³/mol. The molecule has 1 aromatic carbocycles. The number of nitrogens with two attached hydrogens (primary N) is 1. The van der Waals surface area contributed by atoms with Crippen molar-refractivity contribution in [2.45, 2.75) is 24.4 Å². The van der Waals surface area contributed by atoms with Gasteiger partial charge in [-0.05, 0) is 18.6 Å². The molecule has 2 N–H and O–H groups in total. The first-order valence-electron chi connectivity index (χ1n) is 6.75. The molecule has 0 saturated carbocycles. The number of anilines is 1. The maximum atomic E-state index is 12.7. The van der Waals surface area contributed by atoms with E-state index in [0.29, 0.717) is 6.54 Å². The lowest BCUT2D eigenvalue weighted by atomic mass is 10.1. The number of carbonyl (C=O) groups excluding carboxylic acids is 1. The summed E-state index contributed by atoms with van der Waals surface area (Å²) in [4.78, 5) is 23.8. The zero-order valence-electron chi connectivity index (χ0n) is 11.7. The smallest absolute Gasteiger partial charge is 0.276 e. The highest BCUT2D eigenvalue weighted by atomic mass is 32.2. The van der Waals surface area contributed by atoms with Crippen molar-refractivity contribution in [1.82, 2.24) is 14.9 Å². The quantitative estimate of drug-likeness (QED) is 0.874. The molecule has 0 fully saturated rings. The Bertz CT molecular complexity index is 676. The number of aromatic nitrogens is 2. The average molecular weight is 300 g/mol. The Kier molecular flexibility index (Phi) is 3.79. The molecule has 1 unspecified atom stereocenters. The number of nitrogens with zero attached hydrogens (tertiary/aromatic N) is 3. The molecule has 2 aromatic rings. The molecule has 1 aliphatic rings. The number of amides is 1. The highest BCUT2D eigenvalue weighted by Crippen LogP contribution is 2.30. The molecule has 2 heterocycles. The Morgan fingerprint density at radius 2 is 2.10 bits per heavy atom. The zero-order chi connectivity index (χ0) is 14.8. The summed E-state index contributed by atoms with van der Waals surface area (Å²) in [7, 11) is 0. The van der Waals surface area contributed by atoms with Gasteiger partial charge in [-0.3, -0.25) is 4.79 Å². The fourth-order valence-electron chi connectivity index (χ4n) is 2.34. The van der Waals surface area contributed by atoms with Gasteiger partial charge >= 0.3 is 0 Å². The normalized spacial score (nSPS) is 18.0. The predicted octanol–water partition coefficient (Wildman–Crippen LogP) is 2.20.